The van der Waals surface area contributed by atoms with E-state index in [1.165, 1.54) is 6.08 Å². The third kappa shape index (κ3) is 7.35. The molecule has 6 nitrogen and oxygen atoms in total. The van der Waals surface area contributed by atoms with Crippen LogP contribution >= 0.6 is 0 Å². The van der Waals surface area contributed by atoms with Crippen molar-refractivity contribution >= 4 is 5.97 Å². The van der Waals surface area contributed by atoms with Crippen molar-refractivity contribution in [3.8, 4) is 0 Å². The second kappa shape index (κ2) is 9.94. The van der Waals surface area contributed by atoms with Crippen molar-refractivity contribution in [1.29, 1.82) is 0 Å². The molecule has 5 unspecified atom stereocenters. The largest absolute Gasteiger partial charge is 0.478 e. The van der Waals surface area contributed by atoms with Crippen molar-refractivity contribution in [2.24, 2.45) is 0 Å². The number of aliphatic hydroxyl groups excluding tert-OH is 2. The Bertz CT molecular complexity index is 357. The molecule has 0 aliphatic carbocycles. The highest BCUT2D eigenvalue weighted by molar-refractivity contribution is 5.79. The van der Waals surface area contributed by atoms with Crippen molar-refractivity contribution < 1.29 is 29.6 Å². The monoisotopic (exact) mass is 316 g/mol. The summed E-state index contributed by atoms with van der Waals surface area (Å²) in [6.07, 6.45) is 5.17. The zero-order valence-electron chi connectivity index (χ0n) is 13.4. The Labute approximate surface area is 131 Å². The van der Waals surface area contributed by atoms with Gasteiger partial charge in [-0.1, -0.05) is 18.9 Å². The lowest BCUT2D eigenvalue weighted by Crippen LogP contribution is -2.48. The smallest absolute Gasteiger partial charge is 0.327 e. The molecule has 0 spiro atoms. The molecule has 0 aromatic rings. The van der Waals surface area contributed by atoms with E-state index in [1.54, 1.807) is 13.0 Å². The minimum absolute atomic E-state index is 0.0309. The lowest BCUT2D eigenvalue weighted by Gasteiger charge is -2.36. The molecule has 6 heteroatoms. The van der Waals surface area contributed by atoms with Crippen molar-refractivity contribution in [3.05, 3.63) is 12.2 Å². The Morgan fingerprint density at radius 2 is 2.05 bits per heavy atom. The topological polar surface area (TPSA) is 96.2 Å². The molecule has 1 rings (SSSR count). The summed E-state index contributed by atoms with van der Waals surface area (Å²) in [6, 6.07) is 0. The van der Waals surface area contributed by atoms with Gasteiger partial charge < -0.3 is 24.8 Å². The van der Waals surface area contributed by atoms with E-state index in [2.05, 4.69) is 0 Å². The average Bonchev–Trinajstić information content (AvgIpc) is 2.43. The maximum atomic E-state index is 10.3. The van der Waals surface area contributed by atoms with Gasteiger partial charge in [-0.2, -0.15) is 0 Å². The van der Waals surface area contributed by atoms with E-state index in [0.717, 1.165) is 32.1 Å². The van der Waals surface area contributed by atoms with Gasteiger partial charge in [-0.15, -0.1) is 0 Å². The summed E-state index contributed by atoms with van der Waals surface area (Å²) in [5, 5.41) is 27.9. The maximum absolute atomic E-state index is 10.3. The maximum Gasteiger partial charge on any atom is 0.327 e. The second-order valence-corrected chi connectivity index (χ2v) is 5.91. The molecule has 128 valence electrons. The van der Waals surface area contributed by atoms with E-state index < -0.39 is 24.5 Å². The molecular formula is C16H28O6. The number of carbonyl (C=O) groups is 1. The highest BCUT2D eigenvalue weighted by Crippen LogP contribution is 2.23. The van der Waals surface area contributed by atoms with Crippen molar-refractivity contribution in [2.45, 2.75) is 83.1 Å². The minimum Gasteiger partial charge on any atom is -0.478 e. The highest BCUT2D eigenvalue weighted by atomic mass is 16.7. The highest BCUT2D eigenvalue weighted by Gasteiger charge is 2.35. The van der Waals surface area contributed by atoms with Crippen LogP contribution in [0.25, 0.3) is 0 Å². The van der Waals surface area contributed by atoms with Gasteiger partial charge in [-0.25, -0.2) is 4.79 Å². The number of carboxylic acids is 1. The molecule has 0 saturated carbocycles. The summed E-state index contributed by atoms with van der Waals surface area (Å²) in [4.78, 5) is 10.3. The van der Waals surface area contributed by atoms with Gasteiger partial charge >= 0.3 is 5.97 Å². The number of hydrogen-bond acceptors (Lipinski definition) is 5. The molecule has 0 aromatic carbocycles. The molecule has 0 amide bonds. The van der Waals surface area contributed by atoms with Crippen LogP contribution < -0.4 is 0 Å². The lowest BCUT2D eigenvalue weighted by atomic mass is 10.0. The number of ether oxygens (including phenoxy) is 2. The fourth-order valence-corrected chi connectivity index (χ4v) is 2.42. The summed E-state index contributed by atoms with van der Waals surface area (Å²) in [5.41, 5.74) is 0. The molecule has 1 aliphatic rings. The molecule has 0 radical (unpaired) electrons. The first kappa shape index (κ1) is 19.1. The van der Waals surface area contributed by atoms with Crippen LogP contribution in [-0.4, -0.2) is 52.0 Å². The van der Waals surface area contributed by atoms with E-state index in [-0.39, 0.29) is 18.6 Å². The minimum atomic E-state index is -0.910. The Morgan fingerprint density at radius 3 is 2.73 bits per heavy atom. The van der Waals surface area contributed by atoms with Crippen LogP contribution in [0.1, 0.15) is 52.4 Å². The van der Waals surface area contributed by atoms with E-state index in [9.17, 15) is 15.0 Å². The number of aliphatic carboxylic acids is 1. The van der Waals surface area contributed by atoms with Gasteiger partial charge in [-0.3, -0.25) is 0 Å². The van der Waals surface area contributed by atoms with Crippen molar-refractivity contribution in [1.82, 2.24) is 0 Å². The summed E-state index contributed by atoms with van der Waals surface area (Å²) in [7, 11) is 0. The van der Waals surface area contributed by atoms with Gasteiger partial charge in [-0.05, 0) is 33.1 Å². The van der Waals surface area contributed by atoms with E-state index in [0.29, 0.717) is 0 Å². The first-order chi connectivity index (χ1) is 10.4. The molecule has 1 fully saturated rings. The summed E-state index contributed by atoms with van der Waals surface area (Å²) in [6.45, 7) is 3.71. The Balaban J connectivity index is 2.13. The molecular weight excluding hydrogens is 288 g/mol. The van der Waals surface area contributed by atoms with E-state index >= 15 is 0 Å². The molecule has 0 bridgehead atoms. The van der Waals surface area contributed by atoms with Crippen molar-refractivity contribution in [2.75, 3.05) is 0 Å². The predicted molar refractivity (Wildman–Crippen MR) is 81.4 cm³/mol. The first-order valence-corrected chi connectivity index (χ1v) is 7.96. The van der Waals surface area contributed by atoms with Gasteiger partial charge in [0.1, 0.15) is 6.10 Å². The molecule has 0 aromatic heterocycles. The van der Waals surface area contributed by atoms with E-state index in [1.807, 2.05) is 6.92 Å². The molecule has 1 heterocycles. The molecule has 3 N–H and O–H groups in total. The Kier molecular flexibility index (Phi) is 8.63. The van der Waals surface area contributed by atoms with Crippen LogP contribution in [0.4, 0.5) is 0 Å². The van der Waals surface area contributed by atoms with Crippen LogP contribution in [0.5, 0.6) is 0 Å². The van der Waals surface area contributed by atoms with Crippen molar-refractivity contribution in [3.63, 3.8) is 0 Å². The third-order valence-electron chi connectivity index (χ3n) is 3.80. The summed E-state index contributed by atoms with van der Waals surface area (Å²) < 4.78 is 11.2. The van der Waals surface area contributed by atoms with Gasteiger partial charge in [0, 0.05) is 12.5 Å². The van der Waals surface area contributed by atoms with Crippen LogP contribution in [0, 0.1) is 0 Å². The third-order valence-corrected chi connectivity index (χ3v) is 3.80. The molecule has 22 heavy (non-hydrogen) atoms. The SMILES string of the molecule is CC(CCCCCC=CC(=O)O)OC1OC(C)C(O)CC1O. The van der Waals surface area contributed by atoms with Gasteiger partial charge in [0.05, 0.1) is 18.3 Å². The second-order valence-electron chi connectivity index (χ2n) is 5.91. The number of unbranched alkanes of at least 4 members (excludes halogenated alkanes) is 3. The van der Waals surface area contributed by atoms with Crippen LogP contribution in [0.3, 0.4) is 0 Å². The van der Waals surface area contributed by atoms with E-state index in [4.69, 9.17) is 14.6 Å². The summed E-state index contributed by atoms with van der Waals surface area (Å²) >= 11 is 0. The zero-order valence-corrected chi connectivity index (χ0v) is 13.4. The summed E-state index contributed by atoms with van der Waals surface area (Å²) in [5.74, 6) is -0.910. The lowest BCUT2D eigenvalue weighted by molar-refractivity contribution is -0.273. The van der Waals surface area contributed by atoms with Crippen LogP contribution in [-0.2, 0) is 14.3 Å². The molecule has 5 atom stereocenters. The fraction of sp³-hybridized carbons (Fsp3) is 0.812. The zero-order chi connectivity index (χ0) is 16.5. The average molecular weight is 316 g/mol. The molecule has 1 saturated heterocycles. The molecule has 1 aliphatic heterocycles. The number of allylic oxidation sites excluding steroid dienone is 1. The quantitative estimate of drug-likeness (QED) is 0.444. The van der Waals surface area contributed by atoms with Gasteiger partial charge in [0.2, 0.25) is 0 Å². The number of aliphatic hydroxyl groups is 2. The van der Waals surface area contributed by atoms with Crippen LogP contribution in [0.15, 0.2) is 12.2 Å². The first-order valence-electron chi connectivity index (χ1n) is 7.96. The normalized spacial score (nSPS) is 30.5. The number of carboxylic acid groups (broad SMARTS) is 1. The van der Waals surface area contributed by atoms with Crippen LogP contribution in [0.2, 0.25) is 0 Å². The Morgan fingerprint density at radius 1 is 1.32 bits per heavy atom. The Hall–Kier alpha value is -0.950. The predicted octanol–water partition coefficient (Wildman–Crippen LogP) is 1.84. The van der Waals surface area contributed by atoms with Gasteiger partial charge in [0.15, 0.2) is 6.29 Å². The number of hydrogen-bond donors (Lipinski definition) is 3. The standard InChI is InChI=1S/C16H28O6/c1-11(8-6-4-3-5-7-9-15(19)20)21-16-14(18)10-13(17)12(2)22-16/h7,9,11-14,16-18H,3-6,8,10H2,1-2H3,(H,19,20). The number of rotatable bonds is 9. The van der Waals surface area contributed by atoms with Gasteiger partial charge in [0.25, 0.3) is 0 Å². The fourth-order valence-electron chi connectivity index (χ4n) is 2.42.